The zero-order valence-electron chi connectivity index (χ0n) is 16.5. The molecule has 152 valence electrons. The molecule has 3 rings (SSSR count). The second-order valence-electron chi connectivity index (χ2n) is 7.93. The van der Waals surface area contributed by atoms with Crippen molar-refractivity contribution < 1.29 is 14.4 Å². The van der Waals surface area contributed by atoms with Crippen LogP contribution < -0.4 is 5.32 Å². The van der Waals surface area contributed by atoms with E-state index >= 15 is 0 Å². The maximum Gasteiger partial charge on any atom is 0.254 e. The Bertz CT molecular complexity index is 727. The van der Waals surface area contributed by atoms with Crippen LogP contribution >= 0.6 is 15.9 Å². The number of nitrogens with one attached hydrogen (secondary N) is 1. The summed E-state index contributed by atoms with van der Waals surface area (Å²) in [6.45, 7) is 5.78. The van der Waals surface area contributed by atoms with E-state index in [1.807, 2.05) is 30.9 Å². The van der Waals surface area contributed by atoms with Crippen molar-refractivity contribution in [3.05, 3.63) is 34.3 Å². The summed E-state index contributed by atoms with van der Waals surface area (Å²) in [4.78, 5) is 41.4. The van der Waals surface area contributed by atoms with E-state index in [1.54, 1.807) is 17.0 Å². The Morgan fingerprint density at radius 1 is 1.04 bits per heavy atom. The van der Waals surface area contributed by atoms with Gasteiger partial charge in [-0.1, -0.05) is 29.8 Å². The molecule has 0 radical (unpaired) electrons. The topological polar surface area (TPSA) is 69.7 Å². The molecule has 3 amide bonds. The van der Waals surface area contributed by atoms with Crippen LogP contribution in [0.1, 0.15) is 49.9 Å². The van der Waals surface area contributed by atoms with Gasteiger partial charge in [0, 0.05) is 41.6 Å². The van der Waals surface area contributed by atoms with Gasteiger partial charge in [-0.15, -0.1) is 0 Å². The van der Waals surface area contributed by atoms with E-state index in [4.69, 9.17) is 0 Å². The van der Waals surface area contributed by atoms with Gasteiger partial charge in [-0.2, -0.15) is 0 Å². The number of benzene rings is 1. The summed E-state index contributed by atoms with van der Waals surface area (Å²) in [7, 11) is 0. The Hall–Kier alpha value is -1.89. The van der Waals surface area contributed by atoms with Crippen LogP contribution in [0.15, 0.2) is 28.7 Å². The minimum atomic E-state index is -0.411. The van der Waals surface area contributed by atoms with E-state index < -0.39 is 6.04 Å². The Kier molecular flexibility index (Phi) is 6.75. The highest BCUT2D eigenvalue weighted by Gasteiger charge is 2.36. The summed E-state index contributed by atoms with van der Waals surface area (Å²) >= 11 is 3.38. The van der Waals surface area contributed by atoms with Crippen molar-refractivity contribution in [3.8, 4) is 0 Å². The van der Waals surface area contributed by atoms with Crippen LogP contribution in [0.3, 0.4) is 0 Å². The monoisotopic (exact) mass is 449 g/mol. The highest BCUT2D eigenvalue weighted by atomic mass is 79.9. The normalized spacial score (nSPS) is 20.5. The molecule has 0 spiro atoms. The van der Waals surface area contributed by atoms with Gasteiger partial charge >= 0.3 is 0 Å². The molecule has 0 aliphatic carbocycles. The highest BCUT2D eigenvalue weighted by Crippen LogP contribution is 2.22. The molecule has 0 saturated carbocycles. The van der Waals surface area contributed by atoms with Gasteiger partial charge in [-0.25, -0.2) is 0 Å². The number of likely N-dealkylation sites (tertiary alicyclic amines) is 2. The Labute approximate surface area is 174 Å². The first-order valence-electron chi connectivity index (χ1n) is 10.0. The number of carbonyl (C=O) groups excluding carboxylic acids is 3. The van der Waals surface area contributed by atoms with Crippen LogP contribution in [-0.2, 0) is 9.59 Å². The summed E-state index contributed by atoms with van der Waals surface area (Å²) in [6, 6.07) is 6.89. The van der Waals surface area contributed by atoms with Crippen LogP contribution in [0.5, 0.6) is 0 Å². The maximum atomic E-state index is 12.8. The molecule has 2 aliphatic heterocycles. The van der Waals surface area contributed by atoms with Crippen LogP contribution in [0.25, 0.3) is 0 Å². The van der Waals surface area contributed by atoms with Crippen molar-refractivity contribution in [2.45, 2.75) is 51.6 Å². The van der Waals surface area contributed by atoms with Gasteiger partial charge in [0.1, 0.15) is 6.04 Å². The van der Waals surface area contributed by atoms with Gasteiger partial charge in [0.15, 0.2) is 0 Å². The van der Waals surface area contributed by atoms with Crippen molar-refractivity contribution in [2.24, 2.45) is 5.92 Å². The number of hydrogen-bond acceptors (Lipinski definition) is 3. The Morgan fingerprint density at radius 2 is 1.68 bits per heavy atom. The molecule has 0 bridgehead atoms. The Balaban J connectivity index is 1.56. The van der Waals surface area contributed by atoms with Crippen LogP contribution in [-0.4, -0.2) is 59.2 Å². The second kappa shape index (κ2) is 9.07. The van der Waals surface area contributed by atoms with Crippen molar-refractivity contribution in [2.75, 3.05) is 19.6 Å². The largest absolute Gasteiger partial charge is 0.351 e. The summed E-state index contributed by atoms with van der Waals surface area (Å²) in [6.07, 6.45) is 3.05. The van der Waals surface area contributed by atoms with Crippen molar-refractivity contribution >= 4 is 33.7 Å². The lowest BCUT2D eigenvalue weighted by molar-refractivity contribution is -0.135. The highest BCUT2D eigenvalue weighted by molar-refractivity contribution is 9.10. The molecule has 6 nitrogen and oxygen atoms in total. The van der Waals surface area contributed by atoms with Gasteiger partial charge in [-0.05, 0) is 49.9 Å². The minimum absolute atomic E-state index is 0.00260. The maximum absolute atomic E-state index is 12.8. The molecule has 2 saturated heterocycles. The van der Waals surface area contributed by atoms with Crippen molar-refractivity contribution in [3.63, 3.8) is 0 Å². The molecular weight excluding hydrogens is 422 g/mol. The molecule has 7 heteroatoms. The van der Waals surface area contributed by atoms with E-state index in [1.165, 1.54) is 0 Å². The van der Waals surface area contributed by atoms with E-state index in [0.29, 0.717) is 31.6 Å². The third kappa shape index (κ3) is 4.74. The molecule has 2 fully saturated rings. The molecule has 1 atom stereocenters. The van der Waals surface area contributed by atoms with Crippen LogP contribution in [0.2, 0.25) is 0 Å². The molecule has 28 heavy (non-hydrogen) atoms. The van der Waals surface area contributed by atoms with Crippen molar-refractivity contribution in [1.29, 1.82) is 0 Å². The first-order chi connectivity index (χ1) is 13.4. The summed E-state index contributed by atoms with van der Waals surface area (Å²) in [5, 5.41) is 3.12. The summed E-state index contributed by atoms with van der Waals surface area (Å²) < 4.78 is 0.919. The number of carbonyl (C=O) groups is 3. The predicted molar refractivity (Wildman–Crippen MR) is 111 cm³/mol. The lowest BCUT2D eigenvalue weighted by atomic mass is 10.0. The fourth-order valence-corrected chi connectivity index (χ4v) is 4.21. The molecule has 2 heterocycles. The van der Waals surface area contributed by atoms with Gasteiger partial charge in [0.2, 0.25) is 11.8 Å². The van der Waals surface area contributed by atoms with E-state index in [-0.39, 0.29) is 29.7 Å². The molecular formula is C21H28BrN3O3. The Morgan fingerprint density at radius 3 is 2.29 bits per heavy atom. The fourth-order valence-electron chi connectivity index (χ4n) is 3.95. The van der Waals surface area contributed by atoms with E-state index in [2.05, 4.69) is 21.2 Å². The van der Waals surface area contributed by atoms with Gasteiger partial charge in [0.05, 0.1) is 0 Å². The van der Waals surface area contributed by atoms with Gasteiger partial charge in [-0.3, -0.25) is 14.4 Å². The lowest BCUT2D eigenvalue weighted by Gasteiger charge is -2.34. The number of nitrogens with zero attached hydrogens (tertiary/aromatic N) is 2. The lowest BCUT2D eigenvalue weighted by Crippen LogP contribution is -2.52. The number of piperidine rings is 1. The van der Waals surface area contributed by atoms with Crippen molar-refractivity contribution in [1.82, 2.24) is 15.1 Å². The smallest absolute Gasteiger partial charge is 0.254 e. The first-order valence-corrected chi connectivity index (χ1v) is 10.8. The fraction of sp³-hybridized carbons (Fsp3) is 0.571. The molecule has 2 aliphatic rings. The average molecular weight is 450 g/mol. The van der Waals surface area contributed by atoms with E-state index in [9.17, 15) is 14.4 Å². The summed E-state index contributed by atoms with van der Waals surface area (Å²) in [5.41, 5.74) is 0.600. The average Bonchev–Trinajstić information content (AvgIpc) is 3.18. The quantitative estimate of drug-likeness (QED) is 0.767. The van der Waals surface area contributed by atoms with Gasteiger partial charge < -0.3 is 15.1 Å². The molecule has 1 unspecified atom stereocenters. The molecule has 0 aromatic heterocycles. The number of hydrogen-bond donors (Lipinski definition) is 1. The molecule has 1 N–H and O–H groups in total. The SMILES string of the molecule is CC(C)C(=O)N1CCC(NC(=O)C2CCCN2C(=O)c2ccc(Br)cc2)CC1. The van der Waals surface area contributed by atoms with E-state index in [0.717, 1.165) is 23.7 Å². The molecule has 1 aromatic carbocycles. The second-order valence-corrected chi connectivity index (χ2v) is 8.84. The third-order valence-electron chi connectivity index (χ3n) is 5.55. The molecule has 1 aromatic rings. The van der Waals surface area contributed by atoms with Crippen LogP contribution in [0.4, 0.5) is 0 Å². The minimum Gasteiger partial charge on any atom is -0.351 e. The number of rotatable bonds is 4. The zero-order chi connectivity index (χ0) is 20.3. The number of amides is 3. The number of halogens is 1. The third-order valence-corrected chi connectivity index (χ3v) is 6.08. The standard InChI is InChI=1S/C21H28BrN3O3/c1-14(2)20(27)24-12-9-17(10-13-24)23-19(26)18-4-3-11-25(18)21(28)15-5-7-16(22)8-6-15/h5-8,14,17-18H,3-4,9-13H2,1-2H3,(H,23,26). The predicted octanol–water partition coefficient (Wildman–Crippen LogP) is 2.82. The van der Waals surface area contributed by atoms with Crippen LogP contribution in [0, 0.1) is 5.92 Å². The van der Waals surface area contributed by atoms with Gasteiger partial charge in [0.25, 0.3) is 5.91 Å². The first kappa shape index (κ1) is 20.8. The summed E-state index contributed by atoms with van der Waals surface area (Å²) in [5.74, 6) is 0.00810. The zero-order valence-corrected chi connectivity index (χ0v) is 18.1.